The van der Waals surface area contributed by atoms with E-state index in [4.69, 9.17) is 15.1 Å². The van der Waals surface area contributed by atoms with Crippen molar-refractivity contribution in [3.63, 3.8) is 0 Å². The summed E-state index contributed by atoms with van der Waals surface area (Å²) in [6.45, 7) is 1.95. The van der Waals surface area contributed by atoms with Gasteiger partial charge in [-0.3, -0.25) is 4.79 Å². The minimum absolute atomic E-state index is 0.139. The number of aryl methyl sites for hydroxylation is 1. The smallest absolute Gasteiger partial charge is 0.307 e. The molecule has 1 aromatic rings. The Labute approximate surface area is 94.1 Å². The summed E-state index contributed by atoms with van der Waals surface area (Å²) in [6, 6.07) is 5.31. The van der Waals surface area contributed by atoms with E-state index in [9.17, 15) is 4.79 Å². The number of hydrogen-bond donors (Lipinski definition) is 1. The van der Waals surface area contributed by atoms with Gasteiger partial charge in [-0.25, -0.2) is 0 Å². The molecule has 0 radical (unpaired) electrons. The molecule has 0 aliphatic heterocycles. The van der Waals surface area contributed by atoms with Crippen molar-refractivity contribution in [1.29, 1.82) is 5.26 Å². The largest absolute Gasteiger partial charge is 0.496 e. The third kappa shape index (κ3) is 2.51. The van der Waals surface area contributed by atoms with Gasteiger partial charge in [0.1, 0.15) is 5.75 Å². The molecule has 0 aliphatic rings. The van der Waals surface area contributed by atoms with Gasteiger partial charge in [0.25, 0.3) is 0 Å². The van der Waals surface area contributed by atoms with Crippen LogP contribution in [0, 0.1) is 11.3 Å². The van der Waals surface area contributed by atoms with Crippen LogP contribution in [-0.4, -0.2) is 18.2 Å². The van der Waals surface area contributed by atoms with Crippen LogP contribution in [-0.2, 0) is 17.6 Å². The number of carboxylic acids is 1. The molecule has 1 N–H and O–H groups in total. The van der Waals surface area contributed by atoms with E-state index < -0.39 is 5.97 Å². The molecule has 0 saturated heterocycles. The molecule has 4 nitrogen and oxygen atoms in total. The Balaban J connectivity index is 3.27. The molecule has 1 rings (SSSR count). The zero-order chi connectivity index (χ0) is 12.1. The highest BCUT2D eigenvalue weighted by Crippen LogP contribution is 2.24. The first-order valence-corrected chi connectivity index (χ1v) is 4.94. The van der Waals surface area contributed by atoms with E-state index in [1.54, 1.807) is 12.1 Å². The molecular formula is C12H13NO3. The van der Waals surface area contributed by atoms with Crippen molar-refractivity contribution in [2.24, 2.45) is 0 Å². The summed E-state index contributed by atoms with van der Waals surface area (Å²) in [6.07, 6.45) is 0.599. The van der Waals surface area contributed by atoms with Crippen molar-refractivity contribution in [2.75, 3.05) is 7.11 Å². The molecule has 0 bridgehead atoms. The second-order valence-electron chi connectivity index (χ2n) is 3.36. The lowest BCUT2D eigenvalue weighted by Gasteiger charge is -2.10. The maximum atomic E-state index is 10.7. The molecular weight excluding hydrogens is 206 g/mol. The Morgan fingerprint density at radius 3 is 2.62 bits per heavy atom. The van der Waals surface area contributed by atoms with E-state index in [1.807, 2.05) is 13.0 Å². The fourth-order valence-corrected chi connectivity index (χ4v) is 1.56. The van der Waals surface area contributed by atoms with Gasteiger partial charge in [0.15, 0.2) is 0 Å². The Morgan fingerprint density at radius 2 is 2.19 bits per heavy atom. The SMILES string of the molecule is CCc1cc(CC(=O)O)c(C#N)cc1OC. The number of ether oxygens (including phenoxy) is 1. The number of nitriles is 1. The molecule has 0 fully saturated rings. The van der Waals surface area contributed by atoms with Crippen molar-refractivity contribution in [2.45, 2.75) is 19.8 Å². The molecule has 0 aromatic heterocycles. The Bertz CT molecular complexity index is 446. The number of carbonyl (C=O) groups is 1. The molecule has 4 heteroatoms. The Hall–Kier alpha value is -2.02. The van der Waals surface area contributed by atoms with Crippen LogP contribution in [0.1, 0.15) is 23.6 Å². The van der Waals surface area contributed by atoms with Gasteiger partial charge >= 0.3 is 5.97 Å². The van der Waals surface area contributed by atoms with Crippen molar-refractivity contribution in [3.8, 4) is 11.8 Å². The molecule has 1 aromatic carbocycles. The summed E-state index contributed by atoms with van der Waals surface area (Å²) in [5.41, 5.74) is 1.81. The van der Waals surface area contributed by atoms with E-state index >= 15 is 0 Å². The summed E-state index contributed by atoms with van der Waals surface area (Å²) in [5.74, 6) is -0.308. The van der Waals surface area contributed by atoms with E-state index in [0.717, 1.165) is 12.0 Å². The maximum Gasteiger partial charge on any atom is 0.307 e. The normalized spacial score (nSPS) is 9.56. The standard InChI is InChI=1S/C12H13NO3/c1-3-8-4-9(6-12(14)15)10(7-13)5-11(8)16-2/h4-5H,3,6H2,1-2H3,(H,14,15). The van der Waals surface area contributed by atoms with Crippen LogP contribution in [0.3, 0.4) is 0 Å². The van der Waals surface area contributed by atoms with Crippen LogP contribution in [0.25, 0.3) is 0 Å². The molecule has 16 heavy (non-hydrogen) atoms. The van der Waals surface area contributed by atoms with Gasteiger partial charge in [-0.2, -0.15) is 5.26 Å². The van der Waals surface area contributed by atoms with Gasteiger partial charge in [0.2, 0.25) is 0 Å². The zero-order valence-corrected chi connectivity index (χ0v) is 9.28. The van der Waals surface area contributed by atoms with Crippen molar-refractivity contribution in [3.05, 3.63) is 28.8 Å². The fourth-order valence-electron chi connectivity index (χ4n) is 1.56. The maximum absolute atomic E-state index is 10.7. The van der Waals surface area contributed by atoms with E-state index in [1.165, 1.54) is 7.11 Å². The molecule has 0 saturated carbocycles. The van der Waals surface area contributed by atoms with Crippen molar-refractivity contribution in [1.82, 2.24) is 0 Å². The number of benzene rings is 1. The average molecular weight is 219 g/mol. The second-order valence-corrected chi connectivity index (χ2v) is 3.36. The van der Waals surface area contributed by atoms with Gasteiger partial charge in [-0.05, 0) is 23.6 Å². The van der Waals surface area contributed by atoms with E-state index in [0.29, 0.717) is 16.9 Å². The lowest BCUT2D eigenvalue weighted by molar-refractivity contribution is -0.136. The Kier molecular flexibility index (Phi) is 3.90. The predicted octanol–water partition coefficient (Wildman–Crippen LogP) is 1.76. The summed E-state index contributed by atoms with van der Waals surface area (Å²) in [5, 5.41) is 17.7. The summed E-state index contributed by atoms with van der Waals surface area (Å²) in [4.78, 5) is 10.7. The second kappa shape index (κ2) is 5.17. The van der Waals surface area contributed by atoms with Crippen LogP contribution in [0.5, 0.6) is 5.75 Å². The number of aliphatic carboxylic acids is 1. The molecule has 0 heterocycles. The number of methoxy groups -OCH3 is 1. The number of carboxylic acid groups (broad SMARTS) is 1. The van der Waals surface area contributed by atoms with Crippen molar-refractivity contribution >= 4 is 5.97 Å². The molecule has 84 valence electrons. The highest BCUT2D eigenvalue weighted by atomic mass is 16.5. The monoisotopic (exact) mass is 219 g/mol. The summed E-state index contributed by atoms with van der Waals surface area (Å²) in [7, 11) is 1.53. The molecule has 0 unspecified atom stereocenters. The molecule has 0 amide bonds. The van der Waals surface area contributed by atoms with Crippen LogP contribution in [0.2, 0.25) is 0 Å². The summed E-state index contributed by atoms with van der Waals surface area (Å²) < 4.78 is 5.14. The number of rotatable bonds is 4. The topological polar surface area (TPSA) is 70.3 Å². The van der Waals surface area contributed by atoms with Crippen LogP contribution >= 0.6 is 0 Å². The zero-order valence-electron chi connectivity index (χ0n) is 9.28. The highest BCUT2D eigenvalue weighted by Gasteiger charge is 2.11. The molecule has 0 atom stereocenters. The number of hydrogen-bond acceptors (Lipinski definition) is 3. The fraction of sp³-hybridized carbons (Fsp3) is 0.333. The predicted molar refractivity (Wildman–Crippen MR) is 58.4 cm³/mol. The van der Waals surface area contributed by atoms with Gasteiger partial charge < -0.3 is 9.84 Å². The van der Waals surface area contributed by atoms with Crippen LogP contribution in [0.4, 0.5) is 0 Å². The third-order valence-corrected chi connectivity index (χ3v) is 2.35. The lowest BCUT2D eigenvalue weighted by Crippen LogP contribution is -2.04. The van der Waals surface area contributed by atoms with Crippen LogP contribution in [0.15, 0.2) is 12.1 Å². The molecule has 0 aliphatic carbocycles. The lowest BCUT2D eigenvalue weighted by atomic mass is 10.00. The van der Waals surface area contributed by atoms with Crippen LogP contribution < -0.4 is 4.74 Å². The van der Waals surface area contributed by atoms with Gasteiger partial charge in [-0.1, -0.05) is 13.0 Å². The average Bonchev–Trinajstić information content (AvgIpc) is 2.27. The first-order chi connectivity index (χ1) is 7.62. The van der Waals surface area contributed by atoms with E-state index in [2.05, 4.69) is 0 Å². The minimum atomic E-state index is -0.941. The first kappa shape index (κ1) is 12.1. The van der Waals surface area contributed by atoms with Crippen molar-refractivity contribution < 1.29 is 14.6 Å². The quantitative estimate of drug-likeness (QED) is 0.837. The highest BCUT2D eigenvalue weighted by molar-refractivity contribution is 5.72. The van der Waals surface area contributed by atoms with Gasteiger partial charge in [0.05, 0.1) is 25.2 Å². The number of nitrogens with zero attached hydrogens (tertiary/aromatic N) is 1. The first-order valence-electron chi connectivity index (χ1n) is 4.94. The van der Waals surface area contributed by atoms with E-state index in [-0.39, 0.29) is 6.42 Å². The van der Waals surface area contributed by atoms with Gasteiger partial charge in [0, 0.05) is 0 Å². The molecule has 0 spiro atoms. The summed E-state index contributed by atoms with van der Waals surface area (Å²) >= 11 is 0. The van der Waals surface area contributed by atoms with Gasteiger partial charge in [-0.15, -0.1) is 0 Å². The third-order valence-electron chi connectivity index (χ3n) is 2.35. The Morgan fingerprint density at radius 1 is 1.50 bits per heavy atom. The minimum Gasteiger partial charge on any atom is -0.496 e.